The maximum atomic E-state index is 13.2. The number of benzene rings is 2. The van der Waals surface area contributed by atoms with Crippen molar-refractivity contribution in [1.82, 2.24) is 5.32 Å². The highest BCUT2D eigenvalue weighted by Gasteiger charge is 2.42. The third-order valence-electron chi connectivity index (χ3n) is 4.90. The van der Waals surface area contributed by atoms with Crippen molar-refractivity contribution in [3.05, 3.63) is 64.1 Å². The first kappa shape index (κ1) is 19.5. The summed E-state index contributed by atoms with van der Waals surface area (Å²) in [6.07, 6.45) is 3.35. The van der Waals surface area contributed by atoms with E-state index in [-0.39, 0.29) is 18.1 Å². The van der Waals surface area contributed by atoms with Gasteiger partial charge in [-0.1, -0.05) is 40.9 Å². The topological polar surface area (TPSA) is 58.2 Å². The van der Waals surface area contributed by atoms with Crippen molar-refractivity contribution < 1.29 is 18.4 Å². The van der Waals surface area contributed by atoms with Crippen LogP contribution < -0.4 is 10.6 Å². The van der Waals surface area contributed by atoms with E-state index >= 15 is 0 Å². The second kappa shape index (κ2) is 8.17. The summed E-state index contributed by atoms with van der Waals surface area (Å²) in [5.74, 6) is -2.72. The number of anilines is 1. The van der Waals surface area contributed by atoms with Gasteiger partial charge in [-0.2, -0.15) is 0 Å². The number of hydrogen-bond acceptors (Lipinski definition) is 2. The number of rotatable bonds is 5. The van der Waals surface area contributed by atoms with Crippen LogP contribution in [0.25, 0.3) is 0 Å². The van der Waals surface area contributed by atoms with E-state index in [4.69, 9.17) is 0 Å². The van der Waals surface area contributed by atoms with Crippen molar-refractivity contribution >= 4 is 33.4 Å². The molecule has 2 aromatic rings. The summed E-state index contributed by atoms with van der Waals surface area (Å²) in [7, 11) is 0. The molecule has 1 saturated carbocycles. The number of carbonyl (C=O) groups excluding carboxylic acids is 2. The first-order valence-electron chi connectivity index (χ1n) is 8.70. The van der Waals surface area contributed by atoms with Gasteiger partial charge >= 0.3 is 0 Å². The predicted molar refractivity (Wildman–Crippen MR) is 102 cm³/mol. The molecule has 1 aliphatic carbocycles. The van der Waals surface area contributed by atoms with E-state index in [2.05, 4.69) is 26.6 Å². The summed E-state index contributed by atoms with van der Waals surface area (Å²) in [6, 6.07) is 10.8. The van der Waals surface area contributed by atoms with Gasteiger partial charge in [-0.25, -0.2) is 8.78 Å². The van der Waals surface area contributed by atoms with Gasteiger partial charge in [0.1, 0.15) is 0 Å². The SMILES string of the molecule is O=C(CNC(=O)C1(c2ccc(Br)cc2)CCCC1)Nc1ccc(F)c(F)c1. The van der Waals surface area contributed by atoms with Crippen LogP contribution in [0.4, 0.5) is 14.5 Å². The Bertz CT molecular complexity index is 850. The van der Waals surface area contributed by atoms with Crippen LogP contribution >= 0.6 is 15.9 Å². The third kappa shape index (κ3) is 4.35. The number of hydrogen-bond donors (Lipinski definition) is 2. The molecule has 4 nitrogen and oxygen atoms in total. The van der Waals surface area contributed by atoms with Crippen molar-refractivity contribution in [1.29, 1.82) is 0 Å². The van der Waals surface area contributed by atoms with Crippen LogP contribution in [0, 0.1) is 11.6 Å². The zero-order chi connectivity index (χ0) is 19.4. The molecule has 1 fully saturated rings. The van der Waals surface area contributed by atoms with Crippen LogP contribution in [-0.4, -0.2) is 18.4 Å². The second-order valence-corrected chi connectivity index (χ2v) is 7.57. The van der Waals surface area contributed by atoms with Gasteiger partial charge in [-0.3, -0.25) is 9.59 Å². The molecular formula is C20H19BrF2N2O2. The van der Waals surface area contributed by atoms with Crippen molar-refractivity contribution in [3.63, 3.8) is 0 Å². The van der Waals surface area contributed by atoms with Crippen LogP contribution in [0.15, 0.2) is 46.9 Å². The Hall–Kier alpha value is -2.28. The Balaban J connectivity index is 1.65. The summed E-state index contributed by atoms with van der Waals surface area (Å²) < 4.78 is 27.1. The Kier molecular flexibility index (Phi) is 5.89. The Morgan fingerprint density at radius 1 is 1.00 bits per heavy atom. The molecule has 27 heavy (non-hydrogen) atoms. The minimum atomic E-state index is -1.04. The zero-order valence-electron chi connectivity index (χ0n) is 14.5. The smallest absolute Gasteiger partial charge is 0.243 e. The van der Waals surface area contributed by atoms with Gasteiger partial charge in [0.05, 0.1) is 12.0 Å². The quantitative estimate of drug-likeness (QED) is 0.733. The molecule has 0 heterocycles. The molecule has 0 unspecified atom stereocenters. The zero-order valence-corrected chi connectivity index (χ0v) is 16.1. The predicted octanol–water partition coefficient (Wildman–Crippen LogP) is 4.29. The van der Waals surface area contributed by atoms with Gasteiger partial charge in [0.15, 0.2) is 11.6 Å². The summed E-state index contributed by atoms with van der Waals surface area (Å²) in [5.41, 5.74) is 0.432. The second-order valence-electron chi connectivity index (χ2n) is 6.66. The van der Waals surface area contributed by atoms with E-state index in [1.54, 1.807) is 0 Å². The largest absolute Gasteiger partial charge is 0.346 e. The van der Waals surface area contributed by atoms with E-state index in [1.165, 1.54) is 6.07 Å². The van der Waals surface area contributed by atoms with E-state index in [9.17, 15) is 18.4 Å². The van der Waals surface area contributed by atoms with Gasteiger partial charge in [0.25, 0.3) is 0 Å². The molecule has 7 heteroatoms. The highest BCUT2D eigenvalue weighted by atomic mass is 79.9. The average molecular weight is 437 g/mol. The van der Waals surface area contributed by atoms with Crippen LogP contribution in [0.5, 0.6) is 0 Å². The molecule has 142 valence electrons. The molecule has 2 N–H and O–H groups in total. The normalized spacial score (nSPS) is 15.4. The first-order valence-corrected chi connectivity index (χ1v) is 9.49. The van der Waals surface area contributed by atoms with Crippen LogP contribution in [-0.2, 0) is 15.0 Å². The van der Waals surface area contributed by atoms with Gasteiger partial charge in [0, 0.05) is 16.2 Å². The molecule has 0 saturated heterocycles. The minimum Gasteiger partial charge on any atom is -0.346 e. The fourth-order valence-corrected chi connectivity index (χ4v) is 3.77. The molecule has 2 amide bonds. The lowest BCUT2D eigenvalue weighted by Crippen LogP contribution is -2.45. The van der Waals surface area contributed by atoms with Gasteiger partial charge in [-0.05, 0) is 42.7 Å². The van der Waals surface area contributed by atoms with Crippen molar-refractivity contribution in [2.24, 2.45) is 0 Å². The van der Waals surface area contributed by atoms with Crippen LogP contribution in [0.2, 0.25) is 0 Å². The monoisotopic (exact) mass is 436 g/mol. The van der Waals surface area contributed by atoms with E-state index < -0.39 is 23.0 Å². The lowest BCUT2D eigenvalue weighted by Gasteiger charge is -2.28. The molecule has 0 aromatic heterocycles. The van der Waals surface area contributed by atoms with Crippen LogP contribution in [0.1, 0.15) is 31.2 Å². The molecule has 0 atom stereocenters. The molecule has 0 radical (unpaired) electrons. The Morgan fingerprint density at radius 3 is 2.30 bits per heavy atom. The van der Waals surface area contributed by atoms with Crippen molar-refractivity contribution in [2.45, 2.75) is 31.1 Å². The summed E-state index contributed by atoms with van der Waals surface area (Å²) in [5, 5.41) is 5.14. The van der Waals surface area contributed by atoms with Crippen LogP contribution in [0.3, 0.4) is 0 Å². The maximum absolute atomic E-state index is 13.2. The fourth-order valence-electron chi connectivity index (χ4n) is 3.50. The molecule has 3 rings (SSSR count). The van der Waals surface area contributed by atoms with E-state index in [0.717, 1.165) is 47.9 Å². The number of halogens is 3. The number of nitrogens with one attached hydrogen (secondary N) is 2. The molecule has 0 bridgehead atoms. The molecule has 0 aliphatic heterocycles. The summed E-state index contributed by atoms with van der Waals surface area (Å²) in [6.45, 7) is -0.240. The third-order valence-corrected chi connectivity index (χ3v) is 5.43. The standard InChI is InChI=1S/C20H19BrF2N2O2/c21-14-5-3-13(4-6-14)20(9-1-2-10-20)19(27)24-12-18(26)25-15-7-8-16(22)17(23)11-15/h3-8,11H,1-2,9-10,12H2,(H,24,27)(H,25,26). The van der Waals surface area contributed by atoms with E-state index in [0.29, 0.717) is 0 Å². The Labute approximate surface area is 164 Å². The molecular weight excluding hydrogens is 418 g/mol. The van der Waals surface area contributed by atoms with E-state index in [1.807, 2.05) is 24.3 Å². The highest BCUT2D eigenvalue weighted by Crippen LogP contribution is 2.41. The summed E-state index contributed by atoms with van der Waals surface area (Å²) >= 11 is 3.40. The molecule has 0 spiro atoms. The fraction of sp³-hybridized carbons (Fsp3) is 0.300. The maximum Gasteiger partial charge on any atom is 0.243 e. The number of amides is 2. The lowest BCUT2D eigenvalue weighted by molar-refractivity contribution is -0.128. The highest BCUT2D eigenvalue weighted by molar-refractivity contribution is 9.10. The van der Waals surface area contributed by atoms with Crippen molar-refractivity contribution in [2.75, 3.05) is 11.9 Å². The average Bonchev–Trinajstić information content (AvgIpc) is 3.14. The summed E-state index contributed by atoms with van der Waals surface area (Å²) in [4.78, 5) is 25.0. The lowest BCUT2D eigenvalue weighted by atomic mass is 9.78. The minimum absolute atomic E-state index is 0.136. The number of carbonyl (C=O) groups is 2. The molecule has 1 aliphatic rings. The van der Waals surface area contributed by atoms with Gasteiger partial charge in [0.2, 0.25) is 11.8 Å². The Morgan fingerprint density at radius 2 is 1.67 bits per heavy atom. The molecule has 2 aromatic carbocycles. The van der Waals surface area contributed by atoms with Crippen molar-refractivity contribution in [3.8, 4) is 0 Å². The van der Waals surface area contributed by atoms with Gasteiger partial charge < -0.3 is 10.6 Å². The first-order chi connectivity index (χ1) is 12.9. The van der Waals surface area contributed by atoms with Gasteiger partial charge in [-0.15, -0.1) is 0 Å².